The van der Waals surface area contributed by atoms with Crippen LogP contribution in [0.5, 0.6) is 11.6 Å². The third-order valence-electron chi connectivity index (χ3n) is 8.75. The van der Waals surface area contributed by atoms with E-state index in [4.69, 9.17) is 14.5 Å². The van der Waals surface area contributed by atoms with Gasteiger partial charge in [-0.25, -0.2) is 14.5 Å². The highest BCUT2D eigenvalue weighted by molar-refractivity contribution is 6.06. The van der Waals surface area contributed by atoms with Crippen molar-refractivity contribution < 1.29 is 19.4 Å². The van der Waals surface area contributed by atoms with Crippen molar-refractivity contribution in [1.29, 1.82) is 0 Å². The molecule has 1 aliphatic carbocycles. The molecule has 4 aromatic rings. The SMILES string of the molecule is COc1ccc(CN2C3CC2CN(c2ccc(-c4cc(OCC(C)(C)O)cn5ncc(C(=O)CC6CC6)c45)cn2)C3)cn1. The van der Waals surface area contributed by atoms with E-state index in [2.05, 4.69) is 38.1 Å². The van der Waals surface area contributed by atoms with Crippen molar-refractivity contribution in [3.8, 4) is 22.8 Å². The van der Waals surface area contributed by atoms with Crippen LogP contribution in [-0.2, 0) is 6.54 Å². The monoisotopic (exact) mass is 582 g/mol. The van der Waals surface area contributed by atoms with E-state index in [1.807, 2.05) is 24.5 Å². The number of methoxy groups -OCH3 is 1. The third-order valence-corrected chi connectivity index (χ3v) is 8.75. The second-order valence-corrected chi connectivity index (χ2v) is 12.8. The van der Waals surface area contributed by atoms with Gasteiger partial charge in [-0.2, -0.15) is 5.10 Å². The average Bonchev–Trinajstić information content (AvgIpc) is 3.72. The van der Waals surface area contributed by atoms with Gasteiger partial charge in [0, 0.05) is 67.7 Å². The number of nitrogens with zero attached hydrogens (tertiary/aromatic N) is 6. The number of aromatic nitrogens is 4. The van der Waals surface area contributed by atoms with Crippen LogP contribution in [0.2, 0.25) is 0 Å². The predicted octanol–water partition coefficient (Wildman–Crippen LogP) is 4.40. The van der Waals surface area contributed by atoms with E-state index in [-0.39, 0.29) is 12.4 Å². The van der Waals surface area contributed by atoms with Crippen LogP contribution < -0.4 is 14.4 Å². The van der Waals surface area contributed by atoms with E-state index in [9.17, 15) is 9.90 Å². The average molecular weight is 583 g/mol. The van der Waals surface area contributed by atoms with Crippen molar-refractivity contribution in [3.63, 3.8) is 0 Å². The van der Waals surface area contributed by atoms with E-state index in [1.54, 1.807) is 37.9 Å². The van der Waals surface area contributed by atoms with Crippen LogP contribution in [0.25, 0.3) is 16.6 Å². The molecule has 0 aromatic carbocycles. The minimum atomic E-state index is -0.982. The van der Waals surface area contributed by atoms with Gasteiger partial charge in [0.15, 0.2) is 5.78 Å². The van der Waals surface area contributed by atoms with E-state index in [0.717, 1.165) is 54.9 Å². The molecule has 2 bridgehead atoms. The number of piperidine rings is 1. The van der Waals surface area contributed by atoms with Crippen molar-refractivity contribution in [2.75, 3.05) is 31.7 Å². The molecule has 10 nitrogen and oxygen atoms in total. The molecule has 3 saturated heterocycles. The molecule has 4 fully saturated rings. The lowest BCUT2D eigenvalue weighted by atomic mass is 9.87. The number of hydrogen-bond acceptors (Lipinski definition) is 9. The number of carbonyl (C=O) groups is 1. The molecule has 1 N–H and O–H groups in total. The highest BCUT2D eigenvalue weighted by Gasteiger charge is 2.44. The summed E-state index contributed by atoms with van der Waals surface area (Å²) in [6, 6.07) is 11.0. The van der Waals surface area contributed by atoms with E-state index in [0.29, 0.717) is 41.6 Å². The van der Waals surface area contributed by atoms with E-state index < -0.39 is 5.60 Å². The van der Waals surface area contributed by atoms with Gasteiger partial charge in [0.2, 0.25) is 5.88 Å². The molecule has 0 spiro atoms. The van der Waals surface area contributed by atoms with Gasteiger partial charge in [0.25, 0.3) is 0 Å². The Morgan fingerprint density at radius 1 is 1.07 bits per heavy atom. The first kappa shape index (κ1) is 27.8. The maximum Gasteiger partial charge on any atom is 0.212 e. The minimum Gasteiger partial charge on any atom is -0.489 e. The summed E-state index contributed by atoms with van der Waals surface area (Å²) in [7, 11) is 1.63. The standard InChI is InChI=1S/C33H38N6O4/c1-33(2,41)20-43-26-12-27(32-28(15-36-39(32)19-26)29(40)10-21-4-5-21)23-7-8-30(34-14-23)37-17-24-11-25(18-37)38(24)16-22-6-9-31(42-3)35-13-22/h6-9,12-15,19,21,24-25,41H,4-5,10-11,16-18,20H2,1-3H3. The summed E-state index contributed by atoms with van der Waals surface area (Å²) in [5.74, 6) is 2.77. The zero-order chi connectivity index (χ0) is 29.7. The second-order valence-electron chi connectivity index (χ2n) is 12.8. The molecule has 4 aliphatic rings. The first-order chi connectivity index (χ1) is 20.7. The lowest BCUT2D eigenvalue weighted by Crippen LogP contribution is -2.68. The maximum atomic E-state index is 13.2. The highest BCUT2D eigenvalue weighted by atomic mass is 16.5. The molecule has 224 valence electrons. The number of anilines is 1. The number of rotatable bonds is 11. The summed E-state index contributed by atoms with van der Waals surface area (Å²) >= 11 is 0. The Morgan fingerprint density at radius 3 is 2.53 bits per heavy atom. The number of ether oxygens (including phenoxy) is 2. The van der Waals surface area contributed by atoms with Gasteiger partial charge in [0.1, 0.15) is 18.2 Å². The summed E-state index contributed by atoms with van der Waals surface area (Å²) in [5, 5.41) is 14.7. The molecule has 2 unspecified atom stereocenters. The summed E-state index contributed by atoms with van der Waals surface area (Å²) in [6.45, 7) is 6.29. The van der Waals surface area contributed by atoms with Gasteiger partial charge in [-0.1, -0.05) is 6.07 Å². The van der Waals surface area contributed by atoms with Gasteiger partial charge in [-0.15, -0.1) is 0 Å². The molecular weight excluding hydrogens is 544 g/mol. The van der Waals surface area contributed by atoms with E-state index in [1.165, 1.54) is 12.0 Å². The first-order valence-electron chi connectivity index (χ1n) is 15.1. The van der Waals surface area contributed by atoms with Gasteiger partial charge in [-0.3, -0.25) is 9.69 Å². The number of fused-ring (bicyclic) bond motifs is 3. The van der Waals surface area contributed by atoms with Crippen LogP contribution in [0.15, 0.2) is 55.1 Å². The van der Waals surface area contributed by atoms with Crippen LogP contribution in [0, 0.1) is 5.92 Å². The number of Topliss-reactive ketones (excluding diaryl/α,β-unsaturated/α-hetero) is 1. The molecule has 0 radical (unpaired) electrons. The van der Waals surface area contributed by atoms with Crippen LogP contribution in [0.1, 0.15) is 55.5 Å². The highest BCUT2D eigenvalue weighted by Crippen LogP contribution is 2.38. The van der Waals surface area contributed by atoms with Crippen molar-refractivity contribution in [3.05, 3.63) is 66.2 Å². The normalized spacial score (nSPS) is 20.2. The topological polar surface area (TPSA) is 105 Å². The Kier molecular flexibility index (Phi) is 7.05. The fourth-order valence-corrected chi connectivity index (χ4v) is 6.25. The van der Waals surface area contributed by atoms with E-state index >= 15 is 0 Å². The Morgan fingerprint density at radius 2 is 1.88 bits per heavy atom. The minimum absolute atomic E-state index is 0.121. The Hall–Kier alpha value is -4.02. The van der Waals surface area contributed by atoms with Crippen molar-refractivity contribution in [2.45, 2.75) is 63.8 Å². The molecule has 2 atom stereocenters. The lowest BCUT2D eigenvalue weighted by Gasteiger charge is -2.56. The molecule has 3 aliphatic heterocycles. The molecule has 0 amide bonds. The number of hydrogen-bond donors (Lipinski definition) is 1. The quantitative estimate of drug-likeness (QED) is 0.258. The van der Waals surface area contributed by atoms with Crippen LogP contribution in [0.4, 0.5) is 5.82 Å². The second kappa shape index (κ2) is 10.9. The predicted molar refractivity (Wildman–Crippen MR) is 163 cm³/mol. The van der Waals surface area contributed by atoms with Gasteiger partial charge < -0.3 is 19.5 Å². The molecular formula is C33H38N6O4. The number of piperazine rings is 1. The number of ketones is 1. The fourth-order valence-electron chi connectivity index (χ4n) is 6.25. The van der Waals surface area contributed by atoms with Crippen molar-refractivity contribution in [1.82, 2.24) is 24.5 Å². The van der Waals surface area contributed by atoms with Crippen LogP contribution in [-0.4, -0.2) is 79.9 Å². The fraction of sp³-hybridized carbons (Fsp3) is 0.455. The van der Waals surface area contributed by atoms with Gasteiger partial charge >= 0.3 is 0 Å². The Balaban J connectivity index is 1.11. The van der Waals surface area contributed by atoms with Crippen LogP contribution >= 0.6 is 0 Å². The maximum absolute atomic E-state index is 13.2. The molecule has 8 rings (SSSR count). The van der Waals surface area contributed by atoms with Crippen molar-refractivity contribution >= 4 is 17.1 Å². The van der Waals surface area contributed by atoms with Gasteiger partial charge in [-0.05, 0) is 62.8 Å². The number of carbonyl (C=O) groups excluding carboxylic acids is 1. The van der Waals surface area contributed by atoms with Crippen molar-refractivity contribution in [2.24, 2.45) is 5.92 Å². The lowest BCUT2D eigenvalue weighted by molar-refractivity contribution is -0.00876. The zero-order valence-corrected chi connectivity index (χ0v) is 24.9. The third kappa shape index (κ3) is 5.81. The summed E-state index contributed by atoms with van der Waals surface area (Å²) in [4.78, 5) is 27.4. The summed E-state index contributed by atoms with van der Waals surface area (Å²) in [5.41, 5.74) is 3.33. The number of aliphatic hydroxyl groups is 1. The number of pyridine rings is 3. The molecule has 1 saturated carbocycles. The molecule has 7 heterocycles. The Labute approximate surface area is 251 Å². The molecule has 43 heavy (non-hydrogen) atoms. The Bertz CT molecular complexity index is 1610. The largest absolute Gasteiger partial charge is 0.489 e. The zero-order valence-electron chi connectivity index (χ0n) is 24.9. The molecule has 10 heteroatoms. The summed E-state index contributed by atoms with van der Waals surface area (Å²) < 4.78 is 12.9. The van der Waals surface area contributed by atoms with Crippen LogP contribution in [0.3, 0.4) is 0 Å². The summed E-state index contributed by atoms with van der Waals surface area (Å²) in [6.07, 6.45) is 11.2. The smallest absolute Gasteiger partial charge is 0.212 e. The molecule has 4 aromatic heterocycles. The van der Waals surface area contributed by atoms with Gasteiger partial charge in [0.05, 0.1) is 36.2 Å². The first-order valence-corrected chi connectivity index (χ1v) is 15.1.